The van der Waals surface area contributed by atoms with Gasteiger partial charge in [0.2, 0.25) is 0 Å². The third-order valence-electron chi connectivity index (χ3n) is 9.11. The lowest BCUT2D eigenvalue weighted by atomic mass is 9.69. The number of benzene rings is 2. The number of aryl methyl sites for hydroxylation is 3. The van der Waals surface area contributed by atoms with E-state index in [2.05, 4.69) is 58.3 Å². The number of nitrogens with zero attached hydrogens (tertiary/aromatic N) is 5. The van der Waals surface area contributed by atoms with Crippen molar-refractivity contribution in [2.75, 3.05) is 6.54 Å². The number of halogens is 3. The lowest BCUT2D eigenvalue weighted by molar-refractivity contribution is -0.192. The molecule has 13 heteroatoms. The lowest BCUT2D eigenvalue weighted by Crippen LogP contribution is -2.41. The summed E-state index contributed by atoms with van der Waals surface area (Å²) in [6, 6.07) is 12.9. The predicted octanol–water partition coefficient (Wildman–Crippen LogP) is 6.21. The molecule has 0 amide bonds. The molecule has 2 N–H and O–H groups in total. The molecule has 10 nitrogen and oxygen atoms in total. The molecule has 47 heavy (non-hydrogen) atoms. The fourth-order valence-corrected chi connectivity index (χ4v) is 6.77. The molecular formula is C34H38F3N5O5. The van der Waals surface area contributed by atoms with E-state index in [9.17, 15) is 23.1 Å². The summed E-state index contributed by atoms with van der Waals surface area (Å²) in [7, 11) is 1.87. The predicted molar refractivity (Wildman–Crippen MR) is 167 cm³/mol. The molecule has 6 rings (SSSR count). The number of alkyl halides is 3. The van der Waals surface area contributed by atoms with Gasteiger partial charge in [-0.3, -0.25) is 14.7 Å². The smallest absolute Gasteiger partial charge is 0.485 e. The molecule has 2 aromatic carbocycles. The molecule has 2 aliphatic rings. The fourth-order valence-electron chi connectivity index (χ4n) is 6.77. The highest BCUT2D eigenvalue weighted by Gasteiger charge is 2.42. The van der Waals surface area contributed by atoms with Gasteiger partial charge in [-0.1, -0.05) is 29.5 Å². The maximum atomic E-state index is 12.7. The molecule has 3 heterocycles. The van der Waals surface area contributed by atoms with Crippen LogP contribution in [0.3, 0.4) is 0 Å². The summed E-state index contributed by atoms with van der Waals surface area (Å²) in [5.74, 6) is -3.10. The van der Waals surface area contributed by atoms with Crippen molar-refractivity contribution in [1.29, 1.82) is 0 Å². The minimum atomic E-state index is -5.08. The average Bonchev–Trinajstić information content (AvgIpc) is 3.54. The first-order valence-electron chi connectivity index (χ1n) is 15.2. The molecule has 250 valence electrons. The molecule has 0 unspecified atom stereocenters. The van der Waals surface area contributed by atoms with Crippen molar-refractivity contribution >= 4 is 23.0 Å². The van der Waals surface area contributed by atoms with Gasteiger partial charge in [-0.15, -0.1) is 5.10 Å². The standard InChI is InChI=1S/C32H37N5O3.C2HF3O2/c1-19-23(10-12-26-29(19)34-35-36(26)6)28(32(4,5)30(38)39)21-8-7-20-9-11-25(24(20)15-21)37-17-22-13-14-33-16-27(22)40-31(2,3)18-37;3-2(4,5)1(6)7/h7-8,10,12-16,25,28H,9,11,17-18H2,1-6H3,(H,38,39);(H,6,7)/t25-,28-;/m1./s1. The van der Waals surface area contributed by atoms with Crippen molar-refractivity contribution in [3.8, 4) is 5.75 Å². The summed E-state index contributed by atoms with van der Waals surface area (Å²) in [5.41, 5.74) is 7.05. The molecule has 0 saturated carbocycles. The quantitative estimate of drug-likeness (QED) is 0.258. The van der Waals surface area contributed by atoms with Crippen molar-refractivity contribution < 1.29 is 37.7 Å². The highest BCUT2D eigenvalue weighted by molar-refractivity contribution is 5.82. The van der Waals surface area contributed by atoms with Gasteiger partial charge in [-0.05, 0) is 87.4 Å². The largest absolute Gasteiger partial charge is 0.490 e. The normalized spacial score (nSPS) is 18.3. The number of rotatable bonds is 5. The number of aromatic nitrogens is 4. The third-order valence-corrected chi connectivity index (χ3v) is 9.11. The van der Waals surface area contributed by atoms with Crippen LogP contribution in [0.15, 0.2) is 48.8 Å². The molecule has 0 bridgehead atoms. The van der Waals surface area contributed by atoms with Crippen LogP contribution in [0.1, 0.15) is 79.5 Å². The van der Waals surface area contributed by atoms with E-state index >= 15 is 0 Å². The molecule has 0 saturated heterocycles. The van der Waals surface area contributed by atoms with E-state index in [-0.39, 0.29) is 17.6 Å². The highest BCUT2D eigenvalue weighted by Crippen LogP contribution is 2.47. The number of ether oxygens (including phenoxy) is 1. The van der Waals surface area contributed by atoms with Crippen LogP contribution in [0.2, 0.25) is 0 Å². The van der Waals surface area contributed by atoms with Crippen LogP contribution >= 0.6 is 0 Å². The Labute approximate surface area is 270 Å². The van der Waals surface area contributed by atoms with Crippen molar-refractivity contribution in [1.82, 2.24) is 24.9 Å². The number of aliphatic carboxylic acids is 2. The van der Waals surface area contributed by atoms with Crippen molar-refractivity contribution in [3.63, 3.8) is 0 Å². The first-order chi connectivity index (χ1) is 21.9. The summed E-state index contributed by atoms with van der Waals surface area (Å²) in [6.07, 6.45) is 0.579. The van der Waals surface area contributed by atoms with E-state index in [1.165, 1.54) is 11.1 Å². The molecule has 1 aliphatic heterocycles. The van der Waals surface area contributed by atoms with E-state index in [0.29, 0.717) is 0 Å². The van der Waals surface area contributed by atoms with Gasteiger partial charge in [-0.25, -0.2) is 9.48 Å². The summed E-state index contributed by atoms with van der Waals surface area (Å²) < 4.78 is 39.9. The summed E-state index contributed by atoms with van der Waals surface area (Å²) in [6.45, 7) is 11.5. The Bertz CT molecular complexity index is 1830. The van der Waals surface area contributed by atoms with E-state index in [1.807, 2.05) is 52.3 Å². The van der Waals surface area contributed by atoms with Crippen LogP contribution in [0.4, 0.5) is 13.2 Å². The molecule has 0 fully saturated rings. The Morgan fingerprint density at radius 2 is 1.77 bits per heavy atom. The lowest BCUT2D eigenvalue weighted by Gasteiger charge is -2.35. The zero-order valence-electron chi connectivity index (χ0n) is 27.1. The van der Waals surface area contributed by atoms with Gasteiger partial charge in [0.15, 0.2) is 0 Å². The van der Waals surface area contributed by atoms with Gasteiger partial charge in [0.1, 0.15) is 16.9 Å². The number of carboxylic acid groups (broad SMARTS) is 2. The number of hydrogen-bond acceptors (Lipinski definition) is 7. The second-order valence-corrected chi connectivity index (χ2v) is 13.4. The SMILES string of the molecule is Cc1c([C@@H](c2ccc3c(c2)[C@H](N2Cc4ccncc4OC(C)(C)C2)CC3)C(C)(C)C(=O)O)ccc2c1nnn2C.O=C(O)C(F)(F)F. The number of pyridine rings is 1. The minimum Gasteiger partial charge on any atom is -0.485 e. The first kappa shape index (κ1) is 33.8. The molecule has 2 atom stereocenters. The van der Waals surface area contributed by atoms with Crippen LogP contribution in [0, 0.1) is 12.3 Å². The van der Waals surface area contributed by atoms with Gasteiger partial charge in [-0.2, -0.15) is 13.2 Å². The van der Waals surface area contributed by atoms with Crippen LogP contribution in [0.5, 0.6) is 5.75 Å². The topological polar surface area (TPSA) is 131 Å². The Balaban J connectivity index is 0.000000559. The first-order valence-corrected chi connectivity index (χ1v) is 15.2. The van der Waals surface area contributed by atoms with E-state index in [4.69, 9.17) is 14.6 Å². The van der Waals surface area contributed by atoms with Gasteiger partial charge >= 0.3 is 18.1 Å². The molecule has 1 aliphatic carbocycles. The van der Waals surface area contributed by atoms with Gasteiger partial charge in [0, 0.05) is 43.9 Å². The van der Waals surface area contributed by atoms with Gasteiger partial charge < -0.3 is 14.9 Å². The summed E-state index contributed by atoms with van der Waals surface area (Å²) in [5, 5.41) is 26.1. The van der Waals surface area contributed by atoms with Gasteiger partial charge in [0.25, 0.3) is 0 Å². The van der Waals surface area contributed by atoms with E-state index < -0.39 is 23.5 Å². The molecular weight excluding hydrogens is 615 g/mol. The number of carbonyl (C=O) groups is 2. The van der Waals surface area contributed by atoms with Crippen molar-refractivity contribution in [3.05, 3.63) is 82.2 Å². The molecule has 0 radical (unpaired) electrons. The second kappa shape index (κ2) is 12.3. The van der Waals surface area contributed by atoms with Crippen LogP contribution in [-0.4, -0.2) is 65.4 Å². The van der Waals surface area contributed by atoms with E-state index in [1.54, 1.807) is 4.68 Å². The van der Waals surface area contributed by atoms with Gasteiger partial charge in [0.05, 0.1) is 17.1 Å². The minimum absolute atomic E-state index is 0.217. The Kier molecular flexibility index (Phi) is 8.82. The Hall–Kier alpha value is -4.52. The van der Waals surface area contributed by atoms with Crippen molar-refractivity contribution in [2.45, 2.75) is 77.7 Å². The number of fused-ring (bicyclic) bond motifs is 3. The number of carboxylic acids is 2. The summed E-state index contributed by atoms with van der Waals surface area (Å²) >= 11 is 0. The maximum absolute atomic E-state index is 12.7. The van der Waals surface area contributed by atoms with Crippen LogP contribution in [0.25, 0.3) is 11.0 Å². The maximum Gasteiger partial charge on any atom is 0.490 e. The van der Waals surface area contributed by atoms with Crippen LogP contribution in [-0.2, 0) is 29.6 Å². The second-order valence-electron chi connectivity index (χ2n) is 13.4. The molecule has 0 spiro atoms. The molecule has 4 aromatic rings. The van der Waals surface area contributed by atoms with Crippen LogP contribution < -0.4 is 4.74 Å². The summed E-state index contributed by atoms with van der Waals surface area (Å²) in [4.78, 5) is 28.4. The monoisotopic (exact) mass is 653 g/mol. The van der Waals surface area contributed by atoms with E-state index in [0.717, 1.165) is 65.0 Å². The molecule has 2 aromatic heterocycles. The number of hydrogen-bond donors (Lipinski definition) is 2. The Morgan fingerprint density at radius 3 is 2.43 bits per heavy atom. The Morgan fingerprint density at radius 1 is 1.06 bits per heavy atom. The zero-order valence-corrected chi connectivity index (χ0v) is 27.1. The third kappa shape index (κ3) is 6.67. The highest BCUT2D eigenvalue weighted by atomic mass is 19.4. The van der Waals surface area contributed by atoms with Crippen molar-refractivity contribution in [2.24, 2.45) is 12.5 Å². The fraction of sp³-hybridized carbons (Fsp3) is 0.441. The average molecular weight is 654 g/mol. The zero-order chi connectivity index (χ0) is 34.5.